The predicted molar refractivity (Wildman–Crippen MR) is 121 cm³/mol. The Morgan fingerprint density at radius 2 is 1.30 bits per heavy atom. The zero-order valence-corrected chi connectivity index (χ0v) is 18.6. The summed E-state index contributed by atoms with van der Waals surface area (Å²) in [5.41, 5.74) is -1.42. The highest BCUT2D eigenvalue weighted by atomic mass is 127. The molecule has 4 rings (SSSR count). The molecule has 1 amide bonds. The van der Waals surface area contributed by atoms with Crippen molar-refractivity contribution in [2.45, 2.75) is 0 Å². The van der Waals surface area contributed by atoms with Gasteiger partial charge in [-0.2, -0.15) is 9.78 Å². The first kappa shape index (κ1) is 22.6. The van der Waals surface area contributed by atoms with Crippen LogP contribution in [-0.4, -0.2) is 21.6 Å². The third-order valence-electron chi connectivity index (χ3n) is 4.69. The van der Waals surface area contributed by atoms with Crippen molar-refractivity contribution in [1.82, 2.24) is 9.78 Å². The molecule has 1 N–H and O–H groups in total. The van der Waals surface area contributed by atoms with Gasteiger partial charge in [-0.15, -0.1) is 0 Å². The van der Waals surface area contributed by atoms with E-state index in [2.05, 4.69) is 33.0 Å². The molecule has 166 valence electrons. The number of halogens is 5. The Balaban J connectivity index is 1.84. The van der Waals surface area contributed by atoms with Gasteiger partial charge in [0.15, 0.2) is 0 Å². The zero-order chi connectivity index (χ0) is 23.7. The molecule has 1 aromatic heterocycles. The summed E-state index contributed by atoms with van der Waals surface area (Å²) in [6.07, 6.45) is 1.06. The molecule has 4 aromatic rings. The Bertz CT molecular complexity index is 1350. The van der Waals surface area contributed by atoms with E-state index < -0.39 is 46.2 Å². The van der Waals surface area contributed by atoms with Crippen molar-refractivity contribution in [2.24, 2.45) is 0 Å². The minimum atomic E-state index is -1.13. The van der Waals surface area contributed by atoms with Crippen molar-refractivity contribution in [3.8, 4) is 11.3 Å². The molecule has 0 unspecified atom stereocenters. The summed E-state index contributed by atoms with van der Waals surface area (Å²) in [5, 5.41) is 6.23. The maximum atomic E-state index is 14.2. The first-order valence-electron chi connectivity index (χ1n) is 9.36. The van der Waals surface area contributed by atoms with Crippen LogP contribution in [0, 0.1) is 26.8 Å². The van der Waals surface area contributed by atoms with Crippen molar-refractivity contribution in [3.63, 3.8) is 0 Å². The molecule has 10 heteroatoms. The molecule has 0 atom stereocenters. The number of hydrogen-bond donors (Lipinski definition) is 1. The van der Waals surface area contributed by atoms with Gasteiger partial charge < -0.3 is 5.32 Å². The molecular weight excluding hydrogens is 553 g/mol. The Morgan fingerprint density at radius 1 is 0.788 bits per heavy atom. The van der Waals surface area contributed by atoms with Gasteiger partial charge in [-0.05, 0) is 59.0 Å². The largest absolute Gasteiger partial charge is 0.319 e. The van der Waals surface area contributed by atoms with Gasteiger partial charge in [0, 0.05) is 9.13 Å². The summed E-state index contributed by atoms with van der Waals surface area (Å²) < 4.78 is 58.2. The van der Waals surface area contributed by atoms with E-state index in [1.807, 2.05) is 0 Å². The summed E-state index contributed by atoms with van der Waals surface area (Å²) >= 11 is 2.06. The summed E-state index contributed by atoms with van der Waals surface area (Å²) in [5.74, 6) is -6.61. The van der Waals surface area contributed by atoms with E-state index in [0.717, 1.165) is 50.8 Å². The van der Waals surface area contributed by atoms with Gasteiger partial charge in [0.2, 0.25) is 0 Å². The smallest absolute Gasteiger partial charge is 0.284 e. The van der Waals surface area contributed by atoms with Crippen molar-refractivity contribution in [3.05, 3.63) is 105 Å². The number of amides is 1. The molecule has 0 saturated heterocycles. The molecule has 0 radical (unpaired) electrons. The fourth-order valence-electron chi connectivity index (χ4n) is 3.19. The lowest BCUT2D eigenvalue weighted by Gasteiger charge is -2.12. The number of benzene rings is 3. The summed E-state index contributed by atoms with van der Waals surface area (Å²) in [4.78, 5) is 25.6. The van der Waals surface area contributed by atoms with E-state index in [-0.39, 0.29) is 11.4 Å². The minimum Gasteiger partial charge on any atom is -0.319 e. The molecule has 3 aromatic carbocycles. The Labute approximate surface area is 198 Å². The highest BCUT2D eigenvalue weighted by molar-refractivity contribution is 14.1. The third kappa shape index (κ3) is 4.38. The highest BCUT2D eigenvalue weighted by Crippen LogP contribution is 2.31. The van der Waals surface area contributed by atoms with Crippen LogP contribution in [0.5, 0.6) is 0 Å². The van der Waals surface area contributed by atoms with Gasteiger partial charge in [-0.1, -0.05) is 24.3 Å². The van der Waals surface area contributed by atoms with Crippen LogP contribution in [0.25, 0.3) is 11.3 Å². The van der Waals surface area contributed by atoms with Crippen molar-refractivity contribution in [1.29, 1.82) is 0 Å². The highest BCUT2D eigenvalue weighted by Gasteiger charge is 2.26. The second-order valence-corrected chi connectivity index (χ2v) is 8.02. The number of nitrogens with zero attached hydrogens (tertiary/aromatic N) is 2. The topological polar surface area (TPSA) is 64.0 Å². The molecule has 0 aliphatic carbocycles. The van der Waals surface area contributed by atoms with Crippen LogP contribution in [0.3, 0.4) is 0 Å². The zero-order valence-electron chi connectivity index (χ0n) is 16.5. The van der Waals surface area contributed by atoms with E-state index in [1.165, 1.54) is 0 Å². The quantitative estimate of drug-likeness (QED) is 0.257. The van der Waals surface area contributed by atoms with Gasteiger partial charge in [-0.25, -0.2) is 17.6 Å². The molecule has 0 bridgehead atoms. The molecule has 0 fully saturated rings. The first-order chi connectivity index (χ1) is 15.8. The standard InChI is InChI=1S/C23H12F4IN3O2/c24-14-3-1-4-15(25)19(14)22(32)30-18-11-29-31(21(18)12-7-9-13(28)10-8-12)23(33)20-16(26)5-2-6-17(20)27/h1-11H,(H,30,32). The van der Waals surface area contributed by atoms with Crippen LogP contribution in [-0.2, 0) is 0 Å². The fraction of sp³-hybridized carbons (Fsp3) is 0. The first-order valence-corrected chi connectivity index (χ1v) is 10.4. The van der Waals surface area contributed by atoms with Crippen LogP contribution in [0.4, 0.5) is 23.2 Å². The molecule has 1 heterocycles. The van der Waals surface area contributed by atoms with Crippen molar-refractivity contribution >= 4 is 40.1 Å². The number of nitrogens with one attached hydrogen (secondary N) is 1. The van der Waals surface area contributed by atoms with Crippen LogP contribution in [0.1, 0.15) is 20.7 Å². The summed E-state index contributed by atoms with van der Waals surface area (Å²) in [6, 6.07) is 12.5. The molecule has 0 saturated carbocycles. The number of rotatable bonds is 4. The van der Waals surface area contributed by atoms with Gasteiger partial charge in [0.1, 0.15) is 40.1 Å². The fourth-order valence-corrected chi connectivity index (χ4v) is 3.55. The molecule has 33 heavy (non-hydrogen) atoms. The average molecular weight is 565 g/mol. The lowest BCUT2D eigenvalue weighted by Crippen LogP contribution is -2.19. The second kappa shape index (κ2) is 9.14. The van der Waals surface area contributed by atoms with Gasteiger partial charge >= 0.3 is 0 Å². The predicted octanol–water partition coefficient (Wildman–Crippen LogP) is 5.65. The van der Waals surface area contributed by atoms with Gasteiger partial charge in [-0.3, -0.25) is 9.59 Å². The lowest BCUT2D eigenvalue weighted by atomic mass is 10.1. The van der Waals surface area contributed by atoms with Crippen LogP contribution >= 0.6 is 22.6 Å². The van der Waals surface area contributed by atoms with E-state index in [9.17, 15) is 27.2 Å². The average Bonchev–Trinajstić information content (AvgIpc) is 3.17. The van der Waals surface area contributed by atoms with E-state index in [1.54, 1.807) is 24.3 Å². The Morgan fingerprint density at radius 3 is 1.85 bits per heavy atom. The van der Waals surface area contributed by atoms with Gasteiger partial charge in [0.25, 0.3) is 11.8 Å². The molecule has 0 aliphatic heterocycles. The number of carbonyl (C=O) groups excluding carboxylic acids is 2. The van der Waals surface area contributed by atoms with E-state index >= 15 is 0 Å². The molecule has 5 nitrogen and oxygen atoms in total. The van der Waals surface area contributed by atoms with Crippen LogP contribution in [0.2, 0.25) is 0 Å². The maximum Gasteiger partial charge on any atom is 0.284 e. The maximum absolute atomic E-state index is 14.2. The molecular formula is C23H12F4IN3O2. The van der Waals surface area contributed by atoms with Crippen molar-refractivity contribution < 1.29 is 27.2 Å². The number of aromatic nitrogens is 2. The monoisotopic (exact) mass is 565 g/mol. The second-order valence-electron chi connectivity index (χ2n) is 6.78. The van der Waals surface area contributed by atoms with Crippen LogP contribution < -0.4 is 5.32 Å². The molecule has 0 spiro atoms. The summed E-state index contributed by atoms with van der Waals surface area (Å²) in [6.45, 7) is 0. The number of anilines is 1. The Hall–Kier alpha value is -3.54. The van der Waals surface area contributed by atoms with Crippen molar-refractivity contribution in [2.75, 3.05) is 5.32 Å². The Kier molecular flexibility index (Phi) is 6.27. The van der Waals surface area contributed by atoms with E-state index in [0.29, 0.717) is 5.56 Å². The van der Waals surface area contributed by atoms with E-state index in [4.69, 9.17) is 0 Å². The van der Waals surface area contributed by atoms with Crippen LogP contribution in [0.15, 0.2) is 66.9 Å². The summed E-state index contributed by atoms with van der Waals surface area (Å²) in [7, 11) is 0. The molecule has 0 aliphatic rings. The number of carbonyl (C=O) groups is 2. The normalized spacial score (nSPS) is 10.8. The lowest BCUT2D eigenvalue weighted by molar-refractivity contribution is 0.0937. The number of hydrogen-bond acceptors (Lipinski definition) is 3. The minimum absolute atomic E-state index is 0.0239. The SMILES string of the molecule is O=C(Nc1cnn(C(=O)c2c(F)cccc2F)c1-c1ccc(I)cc1)c1c(F)cccc1F. The van der Waals surface area contributed by atoms with Gasteiger partial charge in [0.05, 0.1) is 11.9 Å². The third-order valence-corrected chi connectivity index (χ3v) is 5.41.